The van der Waals surface area contributed by atoms with Gasteiger partial charge in [0.05, 0.1) is 11.7 Å². The fourth-order valence-electron chi connectivity index (χ4n) is 1.46. The molecule has 0 aromatic carbocycles. The topological polar surface area (TPSA) is 34.4 Å². The molecule has 0 spiro atoms. The van der Waals surface area contributed by atoms with E-state index in [-0.39, 0.29) is 0 Å². The lowest BCUT2D eigenvalue weighted by molar-refractivity contribution is 0.112. The highest BCUT2D eigenvalue weighted by Gasteiger charge is 2.03. The summed E-state index contributed by atoms with van der Waals surface area (Å²) in [6, 6.07) is 3.65. The molecule has 0 atom stereocenters. The van der Waals surface area contributed by atoms with E-state index in [1.54, 1.807) is 12.3 Å². The van der Waals surface area contributed by atoms with Crippen LogP contribution >= 0.6 is 0 Å². The summed E-state index contributed by atoms with van der Waals surface area (Å²) in [5.74, 6) is 0.985. The van der Waals surface area contributed by atoms with Gasteiger partial charge >= 0.3 is 0 Å². The van der Waals surface area contributed by atoms with Gasteiger partial charge < -0.3 is 4.40 Å². The number of carbonyl (C=O) groups is 1. The lowest BCUT2D eigenvalue weighted by atomic mass is 10.2. The zero-order valence-electron chi connectivity index (χ0n) is 7.40. The average molecular weight is 174 g/mol. The third kappa shape index (κ3) is 1.13. The van der Waals surface area contributed by atoms with Crippen LogP contribution in [0.2, 0.25) is 0 Å². The number of nitrogens with zero attached hydrogens (tertiary/aromatic N) is 2. The molecule has 3 nitrogen and oxygen atoms in total. The minimum Gasteiger partial charge on any atom is -0.303 e. The molecule has 66 valence electrons. The lowest BCUT2D eigenvalue weighted by Crippen LogP contribution is -1.93. The summed E-state index contributed by atoms with van der Waals surface area (Å²) in [4.78, 5) is 14.9. The maximum atomic E-state index is 10.7. The third-order valence-electron chi connectivity index (χ3n) is 2.12. The van der Waals surface area contributed by atoms with Crippen molar-refractivity contribution >= 4 is 11.8 Å². The van der Waals surface area contributed by atoms with Crippen molar-refractivity contribution in [1.29, 1.82) is 0 Å². The first-order chi connectivity index (χ1) is 6.36. The summed E-state index contributed by atoms with van der Waals surface area (Å²) in [6.07, 6.45) is 5.39. The van der Waals surface area contributed by atoms with Gasteiger partial charge in [-0.2, -0.15) is 0 Å². The Morgan fingerprint density at radius 1 is 1.62 bits per heavy atom. The van der Waals surface area contributed by atoms with E-state index < -0.39 is 0 Å². The maximum absolute atomic E-state index is 10.7. The Kier molecular flexibility index (Phi) is 1.85. The minimum atomic E-state index is 0.690. The van der Waals surface area contributed by atoms with Crippen molar-refractivity contribution in [3.8, 4) is 0 Å². The number of hydrogen-bond donors (Lipinski definition) is 0. The monoisotopic (exact) mass is 174 g/mol. The molecule has 2 aromatic heterocycles. The lowest BCUT2D eigenvalue weighted by Gasteiger charge is -1.98. The van der Waals surface area contributed by atoms with Crippen molar-refractivity contribution in [3.05, 3.63) is 35.9 Å². The molecular formula is C10H10N2O. The Bertz CT molecular complexity index is 445. The van der Waals surface area contributed by atoms with Crippen LogP contribution in [-0.2, 0) is 6.42 Å². The molecule has 0 aliphatic heterocycles. The number of aryl methyl sites for hydroxylation is 1. The highest BCUT2D eigenvalue weighted by atomic mass is 16.1. The van der Waals surface area contributed by atoms with Gasteiger partial charge in [0, 0.05) is 18.2 Å². The highest BCUT2D eigenvalue weighted by molar-refractivity contribution is 5.85. The number of imidazole rings is 1. The molecule has 0 radical (unpaired) electrons. The number of carbonyl (C=O) groups excluding carboxylic acids is 1. The summed E-state index contributed by atoms with van der Waals surface area (Å²) >= 11 is 0. The Morgan fingerprint density at radius 2 is 2.46 bits per heavy atom. The molecule has 0 saturated carbocycles. The summed E-state index contributed by atoms with van der Waals surface area (Å²) < 4.78 is 1.95. The van der Waals surface area contributed by atoms with Crippen LogP contribution in [0, 0.1) is 0 Å². The van der Waals surface area contributed by atoms with Crippen LogP contribution in [0.25, 0.3) is 5.52 Å². The molecule has 2 heterocycles. The second-order valence-corrected chi connectivity index (χ2v) is 2.86. The summed E-state index contributed by atoms with van der Waals surface area (Å²) in [5, 5.41) is 0. The fraction of sp³-hybridized carbons (Fsp3) is 0.200. The Labute approximate surface area is 76.0 Å². The maximum Gasteiger partial charge on any atom is 0.152 e. The number of rotatable bonds is 2. The first-order valence-electron chi connectivity index (χ1n) is 4.27. The highest BCUT2D eigenvalue weighted by Crippen LogP contribution is 2.10. The van der Waals surface area contributed by atoms with Gasteiger partial charge in [0.15, 0.2) is 6.29 Å². The number of aromatic nitrogens is 2. The van der Waals surface area contributed by atoms with Crippen molar-refractivity contribution in [3.63, 3.8) is 0 Å². The zero-order valence-corrected chi connectivity index (χ0v) is 7.40. The second kappa shape index (κ2) is 3.01. The van der Waals surface area contributed by atoms with Crippen LogP contribution in [0.5, 0.6) is 0 Å². The van der Waals surface area contributed by atoms with Crippen LogP contribution < -0.4 is 0 Å². The van der Waals surface area contributed by atoms with Gasteiger partial charge in [-0.15, -0.1) is 0 Å². The van der Waals surface area contributed by atoms with Gasteiger partial charge in [-0.1, -0.05) is 6.92 Å². The zero-order chi connectivity index (χ0) is 9.26. The van der Waals surface area contributed by atoms with E-state index in [1.807, 2.05) is 23.6 Å². The van der Waals surface area contributed by atoms with Crippen LogP contribution in [0.4, 0.5) is 0 Å². The summed E-state index contributed by atoms with van der Waals surface area (Å²) in [7, 11) is 0. The molecule has 2 aromatic rings. The predicted molar refractivity (Wildman–Crippen MR) is 50.0 cm³/mol. The van der Waals surface area contributed by atoms with E-state index in [2.05, 4.69) is 4.98 Å². The number of pyridine rings is 1. The largest absolute Gasteiger partial charge is 0.303 e. The fourth-order valence-corrected chi connectivity index (χ4v) is 1.46. The van der Waals surface area contributed by atoms with E-state index in [0.717, 1.165) is 24.0 Å². The number of fused-ring (bicyclic) bond motifs is 1. The van der Waals surface area contributed by atoms with Crippen molar-refractivity contribution in [2.45, 2.75) is 13.3 Å². The van der Waals surface area contributed by atoms with Gasteiger partial charge in [0.1, 0.15) is 5.82 Å². The summed E-state index contributed by atoms with van der Waals surface area (Å²) in [6.45, 7) is 2.04. The molecule has 0 aliphatic rings. The second-order valence-electron chi connectivity index (χ2n) is 2.86. The van der Waals surface area contributed by atoms with E-state index in [0.29, 0.717) is 5.56 Å². The van der Waals surface area contributed by atoms with Crippen LogP contribution in [-0.4, -0.2) is 15.7 Å². The van der Waals surface area contributed by atoms with Crippen LogP contribution in [0.15, 0.2) is 24.5 Å². The quantitative estimate of drug-likeness (QED) is 0.649. The standard InChI is InChI=1S/C10H10N2O/c1-2-10-11-6-9-8(7-13)4-3-5-12(9)10/h3-7H,2H2,1H3. The predicted octanol–water partition coefficient (Wildman–Crippen LogP) is 1.71. The van der Waals surface area contributed by atoms with Crippen LogP contribution in [0.1, 0.15) is 23.1 Å². The molecule has 13 heavy (non-hydrogen) atoms. The van der Waals surface area contributed by atoms with E-state index in [4.69, 9.17) is 0 Å². The van der Waals surface area contributed by atoms with Gasteiger partial charge in [0.25, 0.3) is 0 Å². The average Bonchev–Trinajstić information content (AvgIpc) is 2.60. The van der Waals surface area contributed by atoms with Crippen LogP contribution in [0.3, 0.4) is 0 Å². The molecule has 2 rings (SSSR count). The molecule has 0 bridgehead atoms. The van der Waals surface area contributed by atoms with Gasteiger partial charge in [-0.05, 0) is 12.1 Å². The smallest absolute Gasteiger partial charge is 0.152 e. The molecule has 0 saturated heterocycles. The summed E-state index contributed by atoms with van der Waals surface area (Å²) in [5.41, 5.74) is 1.57. The van der Waals surface area contributed by atoms with E-state index >= 15 is 0 Å². The molecular weight excluding hydrogens is 164 g/mol. The Balaban J connectivity index is 2.79. The molecule has 0 fully saturated rings. The molecule has 3 heteroatoms. The number of hydrogen-bond acceptors (Lipinski definition) is 2. The van der Waals surface area contributed by atoms with Gasteiger partial charge in [-0.3, -0.25) is 4.79 Å². The Morgan fingerprint density at radius 3 is 3.15 bits per heavy atom. The van der Waals surface area contributed by atoms with Crippen molar-refractivity contribution in [2.75, 3.05) is 0 Å². The van der Waals surface area contributed by atoms with E-state index in [1.165, 1.54) is 0 Å². The molecule has 0 amide bonds. The number of aldehydes is 1. The SMILES string of the molecule is CCc1ncc2c(C=O)cccn12. The van der Waals surface area contributed by atoms with Gasteiger partial charge in [-0.25, -0.2) is 4.98 Å². The first-order valence-corrected chi connectivity index (χ1v) is 4.27. The van der Waals surface area contributed by atoms with Crippen molar-refractivity contribution < 1.29 is 4.79 Å². The normalized spacial score (nSPS) is 10.5. The third-order valence-corrected chi connectivity index (χ3v) is 2.12. The Hall–Kier alpha value is -1.64. The molecule has 0 aliphatic carbocycles. The van der Waals surface area contributed by atoms with E-state index in [9.17, 15) is 4.79 Å². The van der Waals surface area contributed by atoms with Crippen molar-refractivity contribution in [1.82, 2.24) is 9.38 Å². The molecule has 0 N–H and O–H groups in total. The van der Waals surface area contributed by atoms with Crippen molar-refractivity contribution in [2.24, 2.45) is 0 Å². The minimum absolute atomic E-state index is 0.690. The first kappa shape index (κ1) is 7.98. The molecule has 0 unspecified atom stereocenters. The van der Waals surface area contributed by atoms with Gasteiger partial charge in [0.2, 0.25) is 0 Å².